The third-order valence-corrected chi connectivity index (χ3v) is 3.60. The fourth-order valence-electron chi connectivity index (χ4n) is 2.62. The fourth-order valence-corrected chi connectivity index (χ4v) is 2.62. The minimum Gasteiger partial charge on any atom is -0.426 e. The number of carbonyl (C=O) groups is 2. The van der Waals surface area contributed by atoms with Crippen LogP contribution < -0.4 is 15.4 Å². The van der Waals surface area contributed by atoms with Crippen LogP contribution in [0, 0.1) is 13.8 Å². The Morgan fingerprint density at radius 3 is 2.59 bits per heavy atom. The van der Waals surface area contributed by atoms with Gasteiger partial charge in [0.25, 0.3) is 0 Å². The molecule has 6 heteroatoms. The van der Waals surface area contributed by atoms with Gasteiger partial charge in [0, 0.05) is 39.6 Å². The van der Waals surface area contributed by atoms with E-state index in [4.69, 9.17) is 4.74 Å². The quantitative estimate of drug-likeness (QED) is 0.473. The van der Waals surface area contributed by atoms with Crippen molar-refractivity contribution < 1.29 is 14.3 Å². The summed E-state index contributed by atoms with van der Waals surface area (Å²) in [5.41, 5.74) is 3.04. The highest BCUT2D eigenvalue weighted by atomic mass is 16.5. The summed E-state index contributed by atoms with van der Waals surface area (Å²) < 4.78 is 5.23. The zero-order valence-corrected chi connectivity index (χ0v) is 13.4. The summed E-state index contributed by atoms with van der Waals surface area (Å²) in [5, 5.41) is 6.12. The van der Waals surface area contributed by atoms with E-state index in [2.05, 4.69) is 10.6 Å². The first kappa shape index (κ1) is 16.3. The number of hydrogen-bond donors (Lipinski definition) is 2. The van der Waals surface area contributed by atoms with Crippen LogP contribution in [-0.4, -0.2) is 43.1 Å². The molecule has 2 amide bonds. The van der Waals surface area contributed by atoms with Crippen molar-refractivity contribution in [1.82, 2.24) is 15.5 Å². The van der Waals surface area contributed by atoms with Gasteiger partial charge >= 0.3 is 12.0 Å². The van der Waals surface area contributed by atoms with Gasteiger partial charge in [0.15, 0.2) is 0 Å². The molecule has 120 valence electrons. The summed E-state index contributed by atoms with van der Waals surface area (Å²) in [7, 11) is 0. The van der Waals surface area contributed by atoms with Crippen LogP contribution in [0.5, 0.6) is 5.75 Å². The molecule has 0 saturated carbocycles. The van der Waals surface area contributed by atoms with E-state index in [0.717, 1.165) is 42.9 Å². The molecule has 0 spiro atoms. The molecule has 1 aromatic carbocycles. The summed E-state index contributed by atoms with van der Waals surface area (Å²) in [6.45, 7) is 8.95. The van der Waals surface area contributed by atoms with Crippen LogP contribution in [0.3, 0.4) is 0 Å². The van der Waals surface area contributed by atoms with Crippen LogP contribution in [0.1, 0.15) is 23.6 Å². The van der Waals surface area contributed by atoms with Crippen molar-refractivity contribution in [2.45, 2.75) is 27.3 Å². The average molecular weight is 305 g/mol. The number of ether oxygens (including phenoxy) is 1. The normalized spacial score (nSPS) is 14.1. The predicted molar refractivity (Wildman–Crippen MR) is 83.9 cm³/mol. The van der Waals surface area contributed by atoms with E-state index >= 15 is 0 Å². The molecule has 0 unspecified atom stereocenters. The highest BCUT2D eigenvalue weighted by molar-refractivity contribution is 5.76. The van der Waals surface area contributed by atoms with E-state index in [1.807, 2.05) is 26.0 Å². The molecule has 1 aliphatic rings. The van der Waals surface area contributed by atoms with Crippen molar-refractivity contribution in [3.63, 3.8) is 0 Å². The molecule has 2 N–H and O–H groups in total. The molecule has 1 aromatic rings. The molecule has 6 nitrogen and oxygen atoms in total. The average Bonchev–Trinajstić information content (AvgIpc) is 2.84. The molecule has 22 heavy (non-hydrogen) atoms. The highest BCUT2D eigenvalue weighted by Crippen LogP contribution is 2.24. The molecule has 0 radical (unpaired) electrons. The van der Waals surface area contributed by atoms with Gasteiger partial charge in [-0.2, -0.15) is 0 Å². The summed E-state index contributed by atoms with van der Waals surface area (Å²) in [5.74, 6) is 0.339. The van der Waals surface area contributed by atoms with Crippen LogP contribution >= 0.6 is 0 Å². The Labute approximate surface area is 130 Å². The van der Waals surface area contributed by atoms with E-state index in [9.17, 15) is 9.59 Å². The van der Waals surface area contributed by atoms with Gasteiger partial charge in [0.2, 0.25) is 0 Å². The molecular formula is C16H23N3O3. The number of rotatable bonds is 6. The molecule has 1 saturated heterocycles. The number of aryl methyl sites for hydroxylation is 2. The zero-order chi connectivity index (χ0) is 16.1. The first-order valence-electron chi connectivity index (χ1n) is 7.49. The van der Waals surface area contributed by atoms with Gasteiger partial charge < -0.3 is 20.3 Å². The molecule has 0 aliphatic carbocycles. The number of esters is 1. The second kappa shape index (κ2) is 7.26. The van der Waals surface area contributed by atoms with E-state index in [0.29, 0.717) is 12.3 Å². The Morgan fingerprint density at radius 2 is 2.05 bits per heavy atom. The summed E-state index contributed by atoms with van der Waals surface area (Å²) in [6.07, 6.45) is 0. The fraction of sp³-hybridized carbons (Fsp3) is 0.500. The van der Waals surface area contributed by atoms with Gasteiger partial charge in [-0.15, -0.1) is 0 Å². The Bertz CT molecular complexity index is 549. The van der Waals surface area contributed by atoms with Crippen molar-refractivity contribution in [3.8, 4) is 5.75 Å². The molecule has 0 aromatic heterocycles. The third-order valence-electron chi connectivity index (χ3n) is 3.60. The number of urea groups is 1. The van der Waals surface area contributed by atoms with Crippen LogP contribution in [0.2, 0.25) is 0 Å². The number of nitrogens with zero attached hydrogens (tertiary/aromatic N) is 1. The molecule has 2 rings (SSSR count). The number of amides is 2. The van der Waals surface area contributed by atoms with Gasteiger partial charge in [-0.25, -0.2) is 4.79 Å². The highest BCUT2D eigenvalue weighted by Gasteiger charge is 2.18. The van der Waals surface area contributed by atoms with Gasteiger partial charge in [-0.3, -0.25) is 4.79 Å². The Kier molecular flexibility index (Phi) is 5.38. The first-order valence-corrected chi connectivity index (χ1v) is 7.49. The molecule has 0 atom stereocenters. The van der Waals surface area contributed by atoms with Crippen molar-refractivity contribution >= 4 is 12.0 Å². The van der Waals surface area contributed by atoms with Gasteiger partial charge in [-0.1, -0.05) is 12.1 Å². The van der Waals surface area contributed by atoms with Gasteiger partial charge in [0.1, 0.15) is 5.75 Å². The van der Waals surface area contributed by atoms with Gasteiger partial charge in [0.05, 0.1) is 0 Å². The maximum Gasteiger partial charge on any atom is 0.317 e. The smallest absolute Gasteiger partial charge is 0.317 e. The largest absolute Gasteiger partial charge is 0.426 e. The predicted octanol–water partition coefficient (Wildman–Crippen LogP) is 1.34. The Hall–Kier alpha value is -2.08. The summed E-state index contributed by atoms with van der Waals surface area (Å²) >= 11 is 0. The molecule has 1 fully saturated rings. The maximum absolute atomic E-state index is 11.4. The monoisotopic (exact) mass is 305 g/mol. The van der Waals surface area contributed by atoms with Crippen molar-refractivity contribution in [2.75, 3.05) is 26.2 Å². The first-order chi connectivity index (χ1) is 10.5. The number of nitrogens with one attached hydrogen (secondary N) is 2. The summed E-state index contributed by atoms with van der Waals surface area (Å²) in [6, 6.07) is 4.04. The Balaban J connectivity index is 1.85. The van der Waals surface area contributed by atoms with E-state index < -0.39 is 0 Å². The van der Waals surface area contributed by atoms with Crippen LogP contribution in [0.25, 0.3) is 0 Å². The SMILES string of the molecule is CC(=O)Oc1c(C)cc(CNCCN2CCNC2=O)cc1C. The number of carbonyl (C=O) groups excluding carboxylic acids is 2. The van der Waals surface area contributed by atoms with E-state index in [-0.39, 0.29) is 12.0 Å². The second-order valence-corrected chi connectivity index (χ2v) is 5.55. The molecular weight excluding hydrogens is 282 g/mol. The lowest BCUT2D eigenvalue weighted by Gasteiger charge is -2.15. The van der Waals surface area contributed by atoms with Crippen LogP contribution in [0.15, 0.2) is 12.1 Å². The van der Waals surface area contributed by atoms with Crippen LogP contribution in [0.4, 0.5) is 4.79 Å². The topological polar surface area (TPSA) is 70.7 Å². The molecule has 1 heterocycles. The minimum absolute atomic E-state index is 0.0132. The number of hydrogen-bond acceptors (Lipinski definition) is 4. The van der Waals surface area contributed by atoms with Crippen molar-refractivity contribution in [3.05, 3.63) is 28.8 Å². The van der Waals surface area contributed by atoms with E-state index in [1.54, 1.807) is 4.90 Å². The molecule has 1 aliphatic heterocycles. The zero-order valence-electron chi connectivity index (χ0n) is 13.4. The standard InChI is InChI=1S/C16H23N3O3/c1-11-8-14(9-12(2)15(11)22-13(3)20)10-17-4-6-19-7-5-18-16(19)21/h8-9,17H,4-7,10H2,1-3H3,(H,18,21). The molecule has 0 bridgehead atoms. The van der Waals surface area contributed by atoms with Crippen molar-refractivity contribution in [2.24, 2.45) is 0 Å². The van der Waals surface area contributed by atoms with E-state index in [1.165, 1.54) is 6.92 Å². The van der Waals surface area contributed by atoms with Crippen molar-refractivity contribution in [1.29, 1.82) is 0 Å². The minimum atomic E-state index is -0.305. The summed E-state index contributed by atoms with van der Waals surface area (Å²) in [4.78, 5) is 24.3. The third kappa shape index (κ3) is 4.21. The van der Waals surface area contributed by atoms with Gasteiger partial charge in [-0.05, 0) is 30.5 Å². The maximum atomic E-state index is 11.4. The lowest BCUT2D eigenvalue weighted by molar-refractivity contribution is -0.131. The second-order valence-electron chi connectivity index (χ2n) is 5.55. The Morgan fingerprint density at radius 1 is 1.36 bits per heavy atom. The lowest BCUT2D eigenvalue weighted by atomic mass is 10.1. The number of benzene rings is 1. The van der Waals surface area contributed by atoms with Crippen LogP contribution in [-0.2, 0) is 11.3 Å². The lowest BCUT2D eigenvalue weighted by Crippen LogP contribution is -2.34.